The first kappa shape index (κ1) is 11.1. The third-order valence-corrected chi connectivity index (χ3v) is 2.35. The van der Waals surface area contributed by atoms with Gasteiger partial charge in [-0.05, 0) is 23.8 Å². The summed E-state index contributed by atoms with van der Waals surface area (Å²) in [4.78, 5) is 21.9. The molecule has 0 radical (unpaired) electrons. The molecule has 0 aliphatic heterocycles. The van der Waals surface area contributed by atoms with Crippen LogP contribution in [0.25, 0.3) is 17.0 Å². The summed E-state index contributed by atoms with van der Waals surface area (Å²) < 4.78 is 4.70. The Bertz CT molecular complexity index is 599. The van der Waals surface area contributed by atoms with Gasteiger partial charge in [-0.3, -0.25) is 9.89 Å². The largest absolute Gasteiger partial charge is 0.465 e. The fraction of sp³-hybridized carbons (Fsp3) is 0.0833. The molecule has 0 aliphatic carbocycles. The van der Waals surface area contributed by atoms with Crippen molar-refractivity contribution < 1.29 is 14.3 Å². The fourth-order valence-corrected chi connectivity index (χ4v) is 1.60. The number of H-pyrrole nitrogens is 1. The Kier molecular flexibility index (Phi) is 3.00. The van der Waals surface area contributed by atoms with Crippen LogP contribution in [-0.4, -0.2) is 29.6 Å². The van der Waals surface area contributed by atoms with Crippen molar-refractivity contribution in [2.45, 2.75) is 0 Å². The Morgan fingerprint density at radius 2 is 2.29 bits per heavy atom. The lowest BCUT2D eigenvalue weighted by Gasteiger charge is -2.02. The number of nitrogens with zero attached hydrogens (tertiary/aromatic N) is 1. The molecule has 0 spiro atoms. The molecule has 5 heteroatoms. The molecule has 0 unspecified atom stereocenters. The van der Waals surface area contributed by atoms with Crippen molar-refractivity contribution in [3.05, 3.63) is 35.5 Å². The van der Waals surface area contributed by atoms with E-state index < -0.39 is 5.97 Å². The van der Waals surface area contributed by atoms with E-state index in [9.17, 15) is 9.59 Å². The number of aldehydes is 1. The Morgan fingerprint density at radius 1 is 1.47 bits per heavy atom. The Morgan fingerprint density at radius 3 is 3.00 bits per heavy atom. The minimum absolute atomic E-state index is 0.421. The van der Waals surface area contributed by atoms with Crippen molar-refractivity contribution in [1.82, 2.24) is 10.2 Å². The number of carbonyl (C=O) groups is 2. The molecule has 0 aliphatic rings. The predicted molar refractivity (Wildman–Crippen MR) is 62.5 cm³/mol. The van der Waals surface area contributed by atoms with E-state index in [0.29, 0.717) is 17.2 Å². The number of allylic oxidation sites excluding steroid dienone is 1. The quantitative estimate of drug-likeness (QED) is 0.493. The average Bonchev–Trinajstić information content (AvgIpc) is 2.82. The van der Waals surface area contributed by atoms with Gasteiger partial charge in [0.05, 0.1) is 24.4 Å². The summed E-state index contributed by atoms with van der Waals surface area (Å²) in [5.74, 6) is -0.433. The van der Waals surface area contributed by atoms with E-state index in [1.807, 2.05) is 0 Å². The van der Waals surface area contributed by atoms with E-state index in [2.05, 4.69) is 10.2 Å². The molecule has 17 heavy (non-hydrogen) atoms. The summed E-state index contributed by atoms with van der Waals surface area (Å²) in [6.07, 6.45) is 5.21. The Hall–Kier alpha value is -2.43. The van der Waals surface area contributed by atoms with Crippen LogP contribution in [0.5, 0.6) is 0 Å². The van der Waals surface area contributed by atoms with Crippen LogP contribution in [0.15, 0.2) is 24.4 Å². The lowest BCUT2D eigenvalue weighted by Crippen LogP contribution is -2.02. The smallest absolute Gasteiger partial charge is 0.338 e. The maximum Gasteiger partial charge on any atom is 0.338 e. The van der Waals surface area contributed by atoms with Gasteiger partial charge in [0, 0.05) is 5.39 Å². The van der Waals surface area contributed by atoms with Crippen molar-refractivity contribution in [3.8, 4) is 0 Å². The summed E-state index contributed by atoms with van der Waals surface area (Å²) in [5, 5.41) is 7.34. The Balaban J connectivity index is 2.62. The van der Waals surface area contributed by atoms with Gasteiger partial charge >= 0.3 is 5.97 Å². The molecule has 2 rings (SSSR count). The number of methoxy groups -OCH3 is 1. The number of esters is 1. The molecule has 0 atom stereocenters. The molecule has 0 bridgehead atoms. The number of carbonyl (C=O) groups excluding carboxylic acids is 2. The van der Waals surface area contributed by atoms with Crippen LogP contribution >= 0.6 is 0 Å². The van der Waals surface area contributed by atoms with Crippen molar-refractivity contribution in [1.29, 1.82) is 0 Å². The van der Waals surface area contributed by atoms with Gasteiger partial charge in [-0.1, -0.05) is 6.08 Å². The number of nitrogens with one attached hydrogen (secondary N) is 1. The van der Waals surface area contributed by atoms with E-state index in [1.54, 1.807) is 24.4 Å². The molecular weight excluding hydrogens is 220 g/mol. The SMILES string of the molecule is COC(=O)c1cc(C=CC=O)cc2[nH]ncc12. The van der Waals surface area contributed by atoms with Gasteiger partial charge in [-0.25, -0.2) is 4.79 Å². The van der Waals surface area contributed by atoms with Gasteiger partial charge in [0.25, 0.3) is 0 Å². The van der Waals surface area contributed by atoms with E-state index in [-0.39, 0.29) is 0 Å². The van der Waals surface area contributed by atoms with Gasteiger partial charge in [-0.2, -0.15) is 5.10 Å². The number of benzene rings is 1. The molecular formula is C12H10N2O3. The van der Waals surface area contributed by atoms with Crippen molar-refractivity contribution in [3.63, 3.8) is 0 Å². The van der Waals surface area contributed by atoms with Gasteiger partial charge in [-0.15, -0.1) is 0 Å². The van der Waals surface area contributed by atoms with Gasteiger partial charge in [0.2, 0.25) is 0 Å². The average molecular weight is 230 g/mol. The monoisotopic (exact) mass is 230 g/mol. The van der Waals surface area contributed by atoms with Crippen molar-refractivity contribution in [2.75, 3.05) is 7.11 Å². The third kappa shape index (κ3) is 2.08. The van der Waals surface area contributed by atoms with Gasteiger partial charge in [0.15, 0.2) is 0 Å². The van der Waals surface area contributed by atoms with E-state index in [0.717, 1.165) is 11.1 Å². The minimum atomic E-state index is -0.433. The standard InChI is InChI=1S/C12H10N2O3/c1-17-12(16)9-5-8(3-2-4-15)6-11-10(9)7-13-14-11/h2-7H,1H3,(H,13,14). The molecule has 0 amide bonds. The molecule has 5 nitrogen and oxygen atoms in total. The Labute approximate surface area is 97.1 Å². The second-order valence-electron chi connectivity index (χ2n) is 3.39. The maximum atomic E-state index is 11.6. The lowest BCUT2D eigenvalue weighted by molar-refractivity contribution is -0.104. The molecule has 86 valence electrons. The first-order chi connectivity index (χ1) is 8.26. The van der Waals surface area contributed by atoms with Crippen molar-refractivity contribution in [2.24, 2.45) is 0 Å². The predicted octanol–water partition coefficient (Wildman–Crippen LogP) is 1.56. The van der Waals surface area contributed by atoms with E-state index >= 15 is 0 Å². The zero-order valence-electron chi connectivity index (χ0n) is 9.14. The normalized spacial score (nSPS) is 10.9. The summed E-state index contributed by atoms with van der Waals surface area (Å²) in [6, 6.07) is 3.46. The lowest BCUT2D eigenvalue weighted by atomic mass is 10.1. The van der Waals surface area contributed by atoms with Crippen LogP contribution in [0.3, 0.4) is 0 Å². The summed E-state index contributed by atoms with van der Waals surface area (Å²) >= 11 is 0. The number of hydrogen-bond donors (Lipinski definition) is 1. The van der Waals surface area contributed by atoms with Crippen LogP contribution in [-0.2, 0) is 9.53 Å². The third-order valence-electron chi connectivity index (χ3n) is 2.35. The first-order valence-electron chi connectivity index (χ1n) is 4.93. The first-order valence-corrected chi connectivity index (χ1v) is 4.93. The van der Waals surface area contributed by atoms with Crippen molar-refractivity contribution >= 4 is 29.2 Å². The molecule has 1 aromatic heterocycles. The highest BCUT2D eigenvalue weighted by Crippen LogP contribution is 2.20. The number of rotatable bonds is 3. The number of fused-ring (bicyclic) bond motifs is 1. The molecule has 1 heterocycles. The van der Waals surface area contributed by atoms with Gasteiger partial charge in [0.1, 0.15) is 6.29 Å². The molecule has 0 fully saturated rings. The van der Waals surface area contributed by atoms with Gasteiger partial charge < -0.3 is 4.74 Å². The van der Waals surface area contributed by atoms with Crippen LogP contribution in [0.4, 0.5) is 0 Å². The topological polar surface area (TPSA) is 72.1 Å². The van der Waals surface area contributed by atoms with Crippen LogP contribution in [0.1, 0.15) is 15.9 Å². The molecule has 1 N–H and O–H groups in total. The maximum absolute atomic E-state index is 11.6. The second-order valence-corrected chi connectivity index (χ2v) is 3.39. The van der Waals surface area contributed by atoms with Crippen LogP contribution in [0, 0.1) is 0 Å². The fourth-order valence-electron chi connectivity index (χ4n) is 1.60. The zero-order chi connectivity index (χ0) is 12.3. The summed E-state index contributed by atoms with van der Waals surface area (Å²) in [6.45, 7) is 0. The van der Waals surface area contributed by atoms with Crippen LogP contribution in [0.2, 0.25) is 0 Å². The highest BCUT2D eigenvalue weighted by molar-refractivity contribution is 6.04. The minimum Gasteiger partial charge on any atom is -0.465 e. The number of aromatic amines is 1. The van der Waals surface area contributed by atoms with E-state index in [1.165, 1.54) is 13.2 Å². The number of hydrogen-bond acceptors (Lipinski definition) is 4. The van der Waals surface area contributed by atoms with Crippen LogP contribution < -0.4 is 0 Å². The second kappa shape index (κ2) is 4.61. The zero-order valence-corrected chi connectivity index (χ0v) is 9.14. The molecule has 2 aromatic rings. The molecule has 0 saturated carbocycles. The number of ether oxygens (including phenoxy) is 1. The highest BCUT2D eigenvalue weighted by atomic mass is 16.5. The number of aromatic nitrogens is 2. The van der Waals surface area contributed by atoms with E-state index in [4.69, 9.17) is 4.74 Å². The highest BCUT2D eigenvalue weighted by Gasteiger charge is 2.12. The summed E-state index contributed by atoms with van der Waals surface area (Å²) in [7, 11) is 1.32. The summed E-state index contributed by atoms with van der Waals surface area (Å²) in [5.41, 5.74) is 1.87. The molecule has 0 saturated heterocycles. The molecule has 1 aromatic carbocycles.